The number of benzene rings is 2. The Morgan fingerprint density at radius 2 is 1.76 bits per heavy atom. The van der Waals surface area contributed by atoms with Crippen LogP contribution in [0, 0.1) is 25.6 Å². The van der Waals surface area contributed by atoms with E-state index in [-0.39, 0.29) is 10.5 Å². The Labute approximate surface area is 170 Å². The molecule has 156 valence electrons. The molecule has 6 nitrogen and oxygen atoms in total. The number of sulfonamides is 1. The number of hydrogen-bond acceptors (Lipinski definition) is 5. The van der Waals surface area contributed by atoms with Crippen LogP contribution < -0.4 is 4.72 Å². The molecule has 0 radical (unpaired) electrons. The third-order valence-corrected chi connectivity index (χ3v) is 5.92. The first-order chi connectivity index (χ1) is 13.5. The molecule has 0 spiro atoms. The zero-order chi connectivity index (χ0) is 21.8. The Bertz CT molecular complexity index is 1020. The molecule has 2 aromatic carbocycles. The van der Waals surface area contributed by atoms with Gasteiger partial charge in [0.1, 0.15) is 11.9 Å². The molecule has 29 heavy (non-hydrogen) atoms. The normalized spacial score (nSPS) is 12.6. The van der Waals surface area contributed by atoms with Crippen molar-refractivity contribution in [1.29, 1.82) is 0 Å². The van der Waals surface area contributed by atoms with Crippen molar-refractivity contribution in [2.45, 2.75) is 38.6 Å². The fraction of sp³-hybridized carbons (Fsp3) is 0.333. The number of Topliss-reactive ketones (excluding diaryl/α,β-unsaturated/α-hetero) is 1. The average molecular weight is 421 g/mol. The molecule has 0 saturated heterocycles. The quantitative estimate of drug-likeness (QED) is 0.522. The highest BCUT2D eigenvalue weighted by Crippen LogP contribution is 2.17. The third kappa shape index (κ3) is 5.95. The summed E-state index contributed by atoms with van der Waals surface area (Å²) in [6, 6.07) is 8.50. The number of ether oxygens (including phenoxy) is 1. The second-order valence-electron chi connectivity index (χ2n) is 7.13. The standard InChI is InChI=1S/C21H24FNO5S/c1-13(2)20(23-29(26,27)18-9-8-14(3)15(4)10-18)21(25)28-12-19(24)16-6-5-7-17(22)11-16/h5-11,13,20,23H,12H2,1-4H3/t20-/m0/s1. The SMILES string of the molecule is Cc1ccc(S(=O)(=O)N[C@H](C(=O)OCC(=O)c2cccc(F)c2)C(C)C)cc1C. The van der Waals surface area contributed by atoms with Gasteiger partial charge in [-0.3, -0.25) is 9.59 Å². The van der Waals surface area contributed by atoms with E-state index in [2.05, 4.69) is 4.72 Å². The molecular formula is C21H24FNO5S. The van der Waals surface area contributed by atoms with Crippen LogP contribution in [0.25, 0.3) is 0 Å². The first-order valence-electron chi connectivity index (χ1n) is 9.06. The van der Waals surface area contributed by atoms with E-state index in [4.69, 9.17) is 4.74 Å². The van der Waals surface area contributed by atoms with Crippen molar-refractivity contribution in [3.63, 3.8) is 0 Å². The summed E-state index contributed by atoms with van der Waals surface area (Å²) >= 11 is 0. The van der Waals surface area contributed by atoms with Crippen LogP contribution in [0.1, 0.15) is 35.3 Å². The molecule has 0 aliphatic carbocycles. The van der Waals surface area contributed by atoms with E-state index >= 15 is 0 Å². The number of carbonyl (C=O) groups excluding carboxylic acids is 2. The largest absolute Gasteiger partial charge is 0.456 e. The number of ketones is 1. The lowest BCUT2D eigenvalue weighted by molar-refractivity contribution is -0.145. The highest BCUT2D eigenvalue weighted by molar-refractivity contribution is 7.89. The van der Waals surface area contributed by atoms with Crippen molar-refractivity contribution in [2.24, 2.45) is 5.92 Å². The number of halogens is 1. The van der Waals surface area contributed by atoms with Gasteiger partial charge in [-0.1, -0.05) is 32.0 Å². The number of carbonyl (C=O) groups is 2. The van der Waals surface area contributed by atoms with E-state index in [1.54, 1.807) is 26.8 Å². The molecule has 0 aromatic heterocycles. The lowest BCUT2D eigenvalue weighted by Crippen LogP contribution is -2.45. The predicted octanol–water partition coefficient (Wildman–Crippen LogP) is 3.17. The summed E-state index contributed by atoms with van der Waals surface area (Å²) < 4.78 is 46.0. The van der Waals surface area contributed by atoms with Gasteiger partial charge in [0, 0.05) is 5.56 Å². The van der Waals surface area contributed by atoms with Crippen molar-refractivity contribution in [2.75, 3.05) is 6.61 Å². The topological polar surface area (TPSA) is 89.5 Å². The lowest BCUT2D eigenvalue weighted by atomic mass is 10.1. The van der Waals surface area contributed by atoms with Gasteiger partial charge in [-0.15, -0.1) is 0 Å². The molecule has 2 rings (SSSR count). The summed E-state index contributed by atoms with van der Waals surface area (Å²) in [5, 5.41) is 0. The minimum absolute atomic E-state index is 0.0369. The second kappa shape index (κ2) is 9.28. The Morgan fingerprint density at radius 3 is 2.34 bits per heavy atom. The van der Waals surface area contributed by atoms with Crippen LogP contribution in [-0.4, -0.2) is 32.8 Å². The van der Waals surface area contributed by atoms with E-state index in [1.165, 1.54) is 30.3 Å². The maximum Gasteiger partial charge on any atom is 0.324 e. The van der Waals surface area contributed by atoms with Crippen LogP contribution in [0.3, 0.4) is 0 Å². The molecule has 0 heterocycles. The Kier molecular flexibility index (Phi) is 7.26. The molecule has 0 saturated carbocycles. The van der Waals surface area contributed by atoms with Crippen molar-refractivity contribution in [3.05, 3.63) is 65.0 Å². The van der Waals surface area contributed by atoms with E-state index in [0.29, 0.717) is 0 Å². The average Bonchev–Trinajstić information content (AvgIpc) is 2.65. The van der Waals surface area contributed by atoms with Crippen LogP contribution in [0.4, 0.5) is 4.39 Å². The first-order valence-corrected chi connectivity index (χ1v) is 10.5. The summed E-state index contributed by atoms with van der Waals surface area (Å²) in [5.41, 5.74) is 1.81. The fourth-order valence-corrected chi connectivity index (χ4v) is 3.96. The summed E-state index contributed by atoms with van der Waals surface area (Å²) in [4.78, 5) is 24.6. The zero-order valence-corrected chi connectivity index (χ0v) is 17.5. The van der Waals surface area contributed by atoms with Gasteiger partial charge >= 0.3 is 5.97 Å². The molecule has 1 atom stereocenters. The third-order valence-electron chi connectivity index (χ3n) is 4.48. The molecule has 0 bridgehead atoms. The van der Waals surface area contributed by atoms with E-state index in [9.17, 15) is 22.4 Å². The predicted molar refractivity (Wildman–Crippen MR) is 107 cm³/mol. The van der Waals surface area contributed by atoms with Crippen LogP contribution in [0.5, 0.6) is 0 Å². The first kappa shape index (κ1) is 22.7. The monoisotopic (exact) mass is 421 g/mol. The lowest BCUT2D eigenvalue weighted by Gasteiger charge is -2.21. The van der Waals surface area contributed by atoms with Crippen molar-refractivity contribution < 1.29 is 27.1 Å². The van der Waals surface area contributed by atoms with Crippen molar-refractivity contribution in [1.82, 2.24) is 4.72 Å². The van der Waals surface area contributed by atoms with Gasteiger partial charge in [-0.25, -0.2) is 12.8 Å². The number of aryl methyl sites for hydroxylation is 2. The van der Waals surface area contributed by atoms with Crippen molar-refractivity contribution >= 4 is 21.8 Å². The summed E-state index contributed by atoms with van der Waals surface area (Å²) in [6.45, 7) is 6.35. The summed E-state index contributed by atoms with van der Waals surface area (Å²) in [6.07, 6.45) is 0. The van der Waals surface area contributed by atoms with Crippen LogP contribution in [0.15, 0.2) is 47.4 Å². The highest BCUT2D eigenvalue weighted by Gasteiger charge is 2.30. The molecule has 1 N–H and O–H groups in total. The van der Waals surface area contributed by atoms with E-state index in [1.807, 2.05) is 6.92 Å². The minimum atomic E-state index is -3.97. The number of nitrogens with one attached hydrogen (secondary N) is 1. The highest BCUT2D eigenvalue weighted by atomic mass is 32.2. The molecule has 8 heteroatoms. The zero-order valence-electron chi connectivity index (χ0n) is 16.7. The van der Waals surface area contributed by atoms with Gasteiger partial charge in [0.25, 0.3) is 0 Å². The number of hydrogen-bond donors (Lipinski definition) is 1. The van der Waals surface area contributed by atoms with Gasteiger partial charge < -0.3 is 4.74 Å². The Hall–Kier alpha value is -2.58. The van der Waals surface area contributed by atoms with Crippen LogP contribution >= 0.6 is 0 Å². The smallest absolute Gasteiger partial charge is 0.324 e. The van der Waals surface area contributed by atoms with Gasteiger partial charge in [0.2, 0.25) is 10.0 Å². The number of rotatable bonds is 8. The van der Waals surface area contributed by atoms with E-state index < -0.39 is 46.2 Å². The number of esters is 1. The molecule has 0 amide bonds. The van der Waals surface area contributed by atoms with E-state index in [0.717, 1.165) is 17.2 Å². The van der Waals surface area contributed by atoms with Crippen LogP contribution in [0.2, 0.25) is 0 Å². The van der Waals surface area contributed by atoms with Gasteiger partial charge in [-0.2, -0.15) is 4.72 Å². The minimum Gasteiger partial charge on any atom is -0.456 e. The van der Waals surface area contributed by atoms with Crippen LogP contribution in [-0.2, 0) is 19.6 Å². The maximum atomic E-state index is 13.2. The summed E-state index contributed by atoms with van der Waals surface area (Å²) in [7, 11) is -3.97. The Morgan fingerprint density at radius 1 is 1.07 bits per heavy atom. The molecule has 2 aromatic rings. The fourth-order valence-electron chi connectivity index (χ4n) is 2.54. The Balaban J connectivity index is 2.11. The van der Waals surface area contributed by atoms with Gasteiger partial charge in [0.15, 0.2) is 12.4 Å². The molecule has 0 fully saturated rings. The maximum absolute atomic E-state index is 13.2. The second-order valence-corrected chi connectivity index (χ2v) is 8.84. The van der Waals surface area contributed by atoms with Gasteiger partial charge in [0.05, 0.1) is 4.90 Å². The van der Waals surface area contributed by atoms with Gasteiger partial charge in [-0.05, 0) is 55.2 Å². The molecule has 0 unspecified atom stereocenters. The molecule has 0 aliphatic heterocycles. The molecule has 0 aliphatic rings. The molecular weight excluding hydrogens is 397 g/mol. The van der Waals surface area contributed by atoms with Crippen molar-refractivity contribution in [3.8, 4) is 0 Å². The summed E-state index contributed by atoms with van der Waals surface area (Å²) in [5.74, 6) is -2.47.